The maximum Gasteiger partial charge on any atom is 0.224 e. The quantitative estimate of drug-likeness (QED) is 0.470. The van der Waals surface area contributed by atoms with E-state index in [0.717, 1.165) is 11.6 Å². The summed E-state index contributed by atoms with van der Waals surface area (Å²) in [6, 6.07) is 10.2. The first kappa shape index (κ1) is 14.8. The van der Waals surface area contributed by atoms with Gasteiger partial charge in [-0.15, -0.1) is 0 Å². The minimum Gasteiger partial charge on any atom is -0.436 e. The summed E-state index contributed by atoms with van der Waals surface area (Å²) in [6.07, 6.45) is 1.80. The standard InChI is InChI=1S/C16H9BrF3NO/c17-8-10(6-9-4-2-1-3-5-9)16-21-15-12(22-16)7-11(18)13(19)14(15)20/h1-7H,8H2/b10-6-. The number of nitrogens with zero attached hydrogens (tertiary/aromatic N) is 1. The number of benzene rings is 2. The molecule has 0 radical (unpaired) electrons. The Bertz CT molecular complexity index is 859. The molecular weight excluding hydrogens is 359 g/mol. The molecule has 0 saturated carbocycles. The largest absolute Gasteiger partial charge is 0.436 e. The highest BCUT2D eigenvalue weighted by Gasteiger charge is 2.20. The fourth-order valence-corrected chi connectivity index (χ4v) is 2.42. The van der Waals surface area contributed by atoms with E-state index in [0.29, 0.717) is 10.9 Å². The van der Waals surface area contributed by atoms with Crippen molar-refractivity contribution in [1.29, 1.82) is 0 Å². The molecule has 2 nitrogen and oxygen atoms in total. The number of oxazole rings is 1. The lowest BCUT2D eigenvalue weighted by atomic mass is 10.1. The van der Waals surface area contributed by atoms with Gasteiger partial charge in [0.1, 0.15) is 5.52 Å². The Hall–Kier alpha value is -2.08. The van der Waals surface area contributed by atoms with Crippen molar-refractivity contribution in [3.63, 3.8) is 0 Å². The van der Waals surface area contributed by atoms with Crippen LogP contribution in [0.15, 0.2) is 40.8 Å². The lowest BCUT2D eigenvalue weighted by molar-refractivity contribution is 0.451. The van der Waals surface area contributed by atoms with Crippen molar-refractivity contribution in [2.75, 3.05) is 5.33 Å². The Balaban J connectivity index is 2.12. The molecule has 3 rings (SSSR count). The molecule has 0 bridgehead atoms. The molecule has 2 aromatic carbocycles. The first-order valence-corrected chi connectivity index (χ1v) is 7.48. The van der Waals surface area contributed by atoms with Crippen LogP contribution in [0.3, 0.4) is 0 Å². The fraction of sp³-hybridized carbons (Fsp3) is 0.0625. The van der Waals surface area contributed by atoms with Gasteiger partial charge in [0.05, 0.1) is 0 Å². The molecule has 0 amide bonds. The molecule has 0 aliphatic heterocycles. The van der Waals surface area contributed by atoms with Crippen LogP contribution in [0.2, 0.25) is 0 Å². The molecule has 1 heterocycles. The molecule has 22 heavy (non-hydrogen) atoms. The molecule has 1 aromatic heterocycles. The number of halogens is 4. The van der Waals surface area contributed by atoms with Crippen molar-refractivity contribution in [2.45, 2.75) is 0 Å². The number of hydrogen-bond acceptors (Lipinski definition) is 2. The number of rotatable bonds is 3. The van der Waals surface area contributed by atoms with Crippen LogP contribution in [-0.2, 0) is 0 Å². The predicted molar refractivity (Wildman–Crippen MR) is 82.0 cm³/mol. The van der Waals surface area contributed by atoms with E-state index in [1.807, 2.05) is 30.3 Å². The van der Waals surface area contributed by atoms with Gasteiger partial charge in [-0.25, -0.2) is 18.2 Å². The first-order valence-electron chi connectivity index (χ1n) is 6.36. The molecule has 0 unspecified atom stereocenters. The molecule has 0 fully saturated rings. The van der Waals surface area contributed by atoms with Crippen molar-refractivity contribution < 1.29 is 17.6 Å². The summed E-state index contributed by atoms with van der Waals surface area (Å²) in [7, 11) is 0. The third-order valence-corrected chi connectivity index (χ3v) is 3.68. The Morgan fingerprint density at radius 3 is 2.55 bits per heavy atom. The lowest BCUT2D eigenvalue weighted by Gasteiger charge is -1.98. The molecule has 0 atom stereocenters. The summed E-state index contributed by atoms with van der Waals surface area (Å²) < 4.78 is 45.5. The van der Waals surface area contributed by atoms with Gasteiger partial charge in [-0.3, -0.25) is 0 Å². The zero-order chi connectivity index (χ0) is 15.7. The Labute approximate surface area is 132 Å². The van der Waals surface area contributed by atoms with E-state index < -0.39 is 17.5 Å². The lowest BCUT2D eigenvalue weighted by Crippen LogP contribution is -1.91. The summed E-state index contributed by atoms with van der Waals surface area (Å²) in [5.74, 6) is -4.10. The van der Waals surface area contributed by atoms with Gasteiger partial charge in [0, 0.05) is 17.0 Å². The highest BCUT2D eigenvalue weighted by molar-refractivity contribution is 9.09. The zero-order valence-corrected chi connectivity index (χ0v) is 12.7. The van der Waals surface area contributed by atoms with Crippen LogP contribution in [0.5, 0.6) is 0 Å². The minimum absolute atomic E-state index is 0.111. The van der Waals surface area contributed by atoms with Gasteiger partial charge in [-0.1, -0.05) is 46.3 Å². The third kappa shape index (κ3) is 2.66. The summed E-state index contributed by atoms with van der Waals surface area (Å²) in [6.45, 7) is 0. The molecule has 0 aliphatic rings. The summed E-state index contributed by atoms with van der Waals surface area (Å²) in [5, 5.41) is 0.390. The average molecular weight is 368 g/mol. The van der Waals surface area contributed by atoms with Crippen molar-refractivity contribution in [2.24, 2.45) is 0 Å². The van der Waals surface area contributed by atoms with Crippen LogP contribution in [0.25, 0.3) is 22.7 Å². The van der Waals surface area contributed by atoms with E-state index in [-0.39, 0.29) is 17.0 Å². The van der Waals surface area contributed by atoms with E-state index >= 15 is 0 Å². The number of alkyl halides is 1. The molecule has 0 spiro atoms. The highest BCUT2D eigenvalue weighted by atomic mass is 79.9. The SMILES string of the molecule is Fc1cc2oc(/C(=C\c3ccccc3)CBr)nc2c(F)c1F. The van der Waals surface area contributed by atoms with Crippen LogP contribution in [0, 0.1) is 17.5 Å². The second kappa shape index (κ2) is 5.96. The summed E-state index contributed by atoms with van der Waals surface area (Å²) in [4.78, 5) is 3.93. The molecule has 0 aliphatic carbocycles. The molecule has 3 aromatic rings. The topological polar surface area (TPSA) is 26.0 Å². The van der Waals surface area contributed by atoms with Crippen LogP contribution in [0.4, 0.5) is 13.2 Å². The van der Waals surface area contributed by atoms with Crippen molar-refractivity contribution in [3.05, 3.63) is 65.3 Å². The highest BCUT2D eigenvalue weighted by Crippen LogP contribution is 2.28. The van der Waals surface area contributed by atoms with Gasteiger partial charge in [-0.05, 0) is 11.6 Å². The average Bonchev–Trinajstić information content (AvgIpc) is 2.95. The van der Waals surface area contributed by atoms with Gasteiger partial charge in [0.15, 0.2) is 23.0 Å². The fourth-order valence-electron chi connectivity index (χ4n) is 2.02. The van der Waals surface area contributed by atoms with Crippen molar-refractivity contribution >= 4 is 38.7 Å². The van der Waals surface area contributed by atoms with Gasteiger partial charge >= 0.3 is 0 Å². The molecule has 0 saturated heterocycles. The zero-order valence-electron chi connectivity index (χ0n) is 11.1. The number of allylic oxidation sites excluding steroid dienone is 1. The number of aromatic nitrogens is 1. The second-order valence-corrected chi connectivity index (χ2v) is 5.13. The van der Waals surface area contributed by atoms with Gasteiger partial charge in [0.2, 0.25) is 5.89 Å². The number of hydrogen-bond donors (Lipinski definition) is 0. The minimum atomic E-state index is -1.56. The number of fused-ring (bicyclic) bond motifs is 1. The Morgan fingerprint density at radius 2 is 1.86 bits per heavy atom. The van der Waals surface area contributed by atoms with Gasteiger partial charge < -0.3 is 4.42 Å². The summed E-state index contributed by atoms with van der Waals surface area (Å²) >= 11 is 3.30. The third-order valence-electron chi connectivity index (χ3n) is 3.08. The van der Waals surface area contributed by atoms with Crippen molar-refractivity contribution in [3.8, 4) is 0 Å². The second-order valence-electron chi connectivity index (χ2n) is 4.57. The Morgan fingerprint density at radius 1 is 1.14 bits per heavy atom. The molecule has 112 valence electrons. The normalized spacial score (nSPS) is 12.1. The van der Waals surface area contributed by atoms with Crippen LogP contribution in [0.1, 0.15) is 11.5 Å². The molecule has 6 heteroatoms. The van der Waals surface area contributed by atoms with E-state index in [2.05, 4.69) is 20.9 Å². The maximum atomic E-state index is 13.7. The summed E-state index contributed by atoms with van der Waals surface area (Å²) in [5.41, 5.74) is 1.07. The van der Waals surface area contributed by atoms with Crippen LogP contribution in [-0.4, -0.2) is 10.3 Å². The maximum absolute atomic E-state index is 13.7. The monoisotopic (exact) mass is 367 g/mol. The van der Waals surface area contributed by atoms with Crippen molar-refractivity contribution in [1.82, 2.24) is 4.98 Å². The van der Waals surface area contributed by atoms with Gasteiger partial charge in [0.25, 0.3) is 0 Å². The predicted octanol–water partition coefficient (Wildman–Crippen LogP) is 5.18. The van der Waals surface area contributed by atoms with E-state index in [4.69, 9.17) is 4.42 Å². The van der Waals surface area contributed by atoms with Crippen LogP contribution >= 0.6 is 15.9 Å². The smallest absolute Gasteiger partial charge is 0.224 e. The van der Waals surface area contributed by atoms with E-state index in [1.54, 1.807) is 6.08 Å². The van der Waals surface area contributed by atoms with E-state index in [9.17, 15) is 13.2 Å². The first-order chi connectivity index (χ1) is 10.6. The van der Waals surface area contributed by atoms with E-state index in [1.165, 1.54) is 0 Å². The van der Waals surface area contributed by atoms with Crippen LogP contribution < -0.4 is 0 Å². The Kier molecular flexibility index (Phi) is 4.02. The molecule has 0 N–H and O–H groups in total. The molecular formula is C16H9BrF3NO. The van der Waals surface area contributed by atoms with Gasteiger partial charge in [-0.2, -0.15) is 0 Å².